The molecule has 0 rings (SSSR count). The number of hydrogen-bond donors (Lipinski definition) is 2. The Labute approximate surface area is 131 Å². The van der Waals surface area contributed by atoms with Crippen LogP contribution in [0.3, 0.4) is 0 Å². The maximum atomic E-state index is 11.4. The van der Waals surface area contributed by atoms with Crippen LogP contribution in [0.1, 0.15) is 96.8 Å². The Morgan fingerprint density at radius 2 is 1.19 bits per heavy atom. The highest BCUT2D eigenvalue weighted by molar-refractivity contribution is 5.83. The zero-order valence-corrected chi connectivity index (χ0v) is 14.1. The van der Waals surface area contributed by atoms with E-state index >= 15 is 0 Å². The molecule has 0 heterocycles. The van der Waals surface area contributed by atoms with Crippen LogP contribution in [0.15, 0.2) is 0 Å². The second-order valence-electron chi connectivity index (χ2n) is 6.25. The van der Waals surface area contributed by atoms with Gasteiger partial charge >= 0.3 is 0 Å². The van der Waals surface area contributed by atoms with E-state index in [4.69, 9.17) is 10.8 Å². The third-order valence-corrected chi connectivity index (χ3v) is 4.14. The van der Waals surface area contributed by atoms with Crippen LogP contribution in [-0.2, 0) is 4.79 Å². The molecule has 0 aromatic carbocycles. The first-order valence-corrected chi connectivity index (χ1v) is 9.11. The lowest BCUT2D eigenvalue weighted by molar-refractivity contribution is -0.121. The molecule has 0 saturated carbocycles. The summed E-state index contributed by atoms with van der Waals surface area (Å²) in [6.45, 7) is 2.04. The average molecular weight is 299 g/mol. The summed E-state index contributed by atoms with van der Waals surface area (Å²) < 4.78 is 0. The van der Waals surface area contributed by atoms with Crippen molar-refractivity contribution >= 4 is 5.78 Å². The minimum absolute atomic E-state index is 0.000531. The fraction of sp³-hybridized carbons (Fsp3) is 0.944. The molecule has 3 nitrogen and oxygen atoms in total. The molecule has 0 aliphatic rings. The van der Waals surface area contributed by atoms with E-state index < -0.39 is 6.04 Å². The van der Waals surface area contributed by atoms with E-state index in [9.17, 15) is 4.79 Å². The molecule has 1 atom stereocenters. The highest BCUT2D eigenvalue weighted by Gasteiger charge is 2.10. The summed E-state index contributed by atoms with van der Waals surface area (Å²) in [5, 5.41) is 8.76. The predicted octanol–water partition coefficient (Wildman–Crippen LogP) is 4.36. The minimum atomic E-state index is -0.665. The molecule has 0 amide bonds. The Balaban J connectivity index is 3.11. The molecule has 1 unspecified atom stereocenters. The number of ketones is 1. The van der Waals surface area contributed by atoms with E-state index in [1.165, 1.54) is 70.6 Å². The van der Waals surface area contributed by atoms with Gasteiger partial charge in [-0.2, -0.15) is 0 Å². The molecule has 3 N–H and O–H groups in total. The summed E-state index contributed by atoms with van der Waals surface area (Å²) >= 11 is 0. The van der Waals surface area contributed by atoms with Crippen molar-refractivity contribution in [1.29, 1.82) is 0 Å². The van der Waals surface area contributed by atoms with Crippen LogP contribution in [0, 0.1) is 0 Å². The fourth-order valence-corrected chi connectivity index (χ4v) is 2.60. The van der Waals surface area contributed by atoms with Crippen LogP contribution in [0.25, 0.3) is 0 Å². The number of Topliss-reactive ketones (excluding diaryl/α,β-unsaturated/α-hetero) is 1. The van der Waals surface area contributed by atoms with Crippen LogP contribution >= 0.6 is 0 Å². The van der Waals surface area contributed by atoms with Gasteiger partial charge in [0.05, 0.1) is 12.6 Å². The summed E-state index contributed by atoms with van der Waals surface area (Å²) in [4.78, 5) is 11.4. The number of unbranched alkanes of at least 4 members (excludes halogenated alkanes) is 12. The Hall–Kier alpha value is -0.410. The third-order valence-electron chi connectivity index (χ3n) is 4.14. The van der Waals surface area contributed by atoms with Crippen molar-refractivity contribution in [3.63, 3.8) is 0 Å². The topological polar surface area (TPSA) is 63.3 Å². The smallest absolute Gasteiger partial charge is 0.151 e. The Morgan fingerprint density at radius 3 is 1.57 bits per heavy atom. The van der Waals surface area contributed by atoms with Crippen molar-refractivity contribution < 1.29 is 9.90 Å². The van der Waals surface area contributed by atoms with Gasteiger partial charge in [-0.15, -0.1) is 0 Å². The van der Waals surface area contributed by atoms with E-state index in [1.54, 1.807) is 0 Å². The molecule has 0 fully saturated rings. The summed E-state index contributed by atoms with van der Waals surface area (Å²) in [5.74, 6) is 0.000531. The number of hydrogen-bond acceptors (Lipinski definition) is 3. The van der Waals surface area contributed by atoms with Gasteiger partial charge in [-0.1, -0.05) is 84.0 Å². The molecule has 0 aromatic heterocycles. The van der Waals surface area contributed by atoms with Crippen LogP contribution in [0.4, 0.5) is 0 Å². The second-order valence-corrected chi connectivity index (χ2v) is 6.25. The maximum absolute atomic E-state index is 11.4. The number of carbonyl (C=O) groups excluding carboxylic acids is 1. The number of aliphatic hydroxyl groups is 1. The molecule has 0 aromatic rings. The quantitative estimate of drug-likeness (QED) is 0.416. The van der Waals surface area contributed by atoms with Gasteiger partial charge in [-0.3, -0.25) is 4.79 Å². The number of nitrogens with two attached hydrogens (primary N) is 1. The molecule has 126 valence electrons. The molecule has 0 radical (unpaired) electrons. The highest BCUT2D eigenvalue weighted by Crippen LogP contribution is 2.13. The standard InChI is InChI=1S/C18H37NO2/c1-2-3-4-5-6-7-8-9-10-11-12-13-14-15-18(21)17(19)16-20/h17,20H,2-16,19H2,1H3. The van der Waals surface area contributed by atoms with E-state index in [1.807, 2.05) is 0 Å². The SMILES string of the molecule is CCCCCCCCCCCCCCCC(=O)C(N)CO. The average Bonchev–Trinajstić information content (AvgIpc) is 2.50. The van der Waals surface area contributed by atoms with Crippen LogP contribution in [-0.4, -0.2) is 23.5 Å². The molecule has 0 aliphatic carbocycles. The van der Waals surface area contributed by atoms with E-state index in [0.717, 1.165) is 12.8 Å². The number of carbonyl (C=O) groups is 1. The summed E-state index contributed by atoms with van der Waals surface area (Å²) in [5.41, 5.74) is 5.46. The fourth-order valence-electron chi connectivity index (χ4n) is 2.60. The minimum Gasteiger partial charge on any atom is -0.394 e. The Morgan fingerprint density at radius 1 is 0.810 bits per heavy atom. The van der Waals surface area contributed by atoms with Crippen LogP contribution in [0.5, 0.6) is 0 Å². The second kappa shape index (κ2) is 16.0. The molecule has 0 spiro atoms. The van der Waals surface area contributed by atoms with Crippen LogP contribution in [0.2, 0.25) is 0 Å². The first-order valence-electron chi connectivity index (χ1n) is 9.11. The molecule has 0 bridgehead atoms. The van der Waals surface area contributed by atoms with E-state index in [0.29, 0.717) is 6.42 Å². The lowest BCUT2D eigenvalue weighted by atomic mass is 10.0. The summed E-state index contributed by atoms with van der Waals surface area (Å²) in [6.07, 6.45) is 17.5. The molecule has 0 saturated heterocycles. The summed E-state index contributed by atoms with van der Waals surface area (Å²) in [7, 11) is 0. The van der Waals surface area contributed by atoms with Crippen molar-refractivity contribution in [3.05, 3.63) is 0 Å². The molecule has 0 aliphatic heterocycles. The Kier molecular flexibility index (Phi) is 15.7. The van der Waals surface area contributed by atoms with Crippen molar-refractivity contribution in [3.8, 4) is 0 Å². The zero-order valence-electron chi connectivity index (χ0n) is 14.1. The van der Waals surface area contributed by atoms with Crippen molar-refractivity contribution in [2.24, 2.45) is 5.73 Å². The van der Waals surface area contributed by atoms with Gasteiger partial charge in [0, 0.05) is 6.42 Å². The molecular weight excluding hydrogens is 262 g/mol. The monoisotopic (exact) mass is 299 g/mol. The van der Waals surface area contributed by atoms with Gasteiger partial charge in [0.2, 0.25) is 0 Å². The van der Waals surface area contributed by atoms with Gasteiger partial charge in [-0.25, -0.2) is 0 Å². The molecule has 3 heteroatoms. The molecular formula is C18H37NO2. The van der Waals surface area contributed by atoms with Gasteiger partial charge in [0.1, 0.15) is 0 Å². The van der Waals surface area contributed by atoms with E-state index in [2.05, 4.69) is 6.92 Å². The number of rotatable bonds is 16. The normalized spacial score (nSPS) is 12.5. The highest BCUT2D eigenvalue weighted by atomic mass is 16.3. The van der Waals surface area contributed by atoms with Crippen LogP contribution < -0.4 is 5.73 Å². The largest absolute Gasteiger partial charge is 0.394 e. The first-order chi connectivity index (χ1) is 10.2. The van der Waals surface area contributed by atoms with Gasteiger partial charge in [0.25, 0.3) is 0 Å². The third kappa shape index (κ3) is 14.3. The zero-order chi connectivity index (χ0) is 15.8. The number of aliphatic hydroxyl groups excluding tert-OH is 1. The van der Waals surface area contributed by atoms with E-state index in [-0.39, 0.29) is 12.4 Å². The van der Waals surface area contributed by atoms with Crippen molar-refractivity contribution in [2.45, 2.75) is 103 Å². The van der Waals surface area contributed by atoms with Crippen molar-refractivity contribution in [1.82, 2.24) is 0 Å². The van der Waals surface area contributed by atoms with Gasteiger partial charge in [-0.05, 0) is 6.42 Å². The lowest BCUT2D eigenvalue weighted by Crippen LogP contribution is -2.33. The van der Waals surface area contributed by atoms with Gasteiger partial charge in [0.15, 0.2) is 5.78 Å². The van der Waals surface area contributed by atoms with Gasteiger partial charge < -0.3 is 10.8 Å². The predicted molar refractivity (Wildman–Crippen MR) is 90.4 cm³/mol. The van der Waals surface area contributed by atoms with Crippen molar-refractivity contribution in [2.75, 3.05) is 6.61 Å². The Bertz CT molecular complexity index is 231. The lowest BCUT2D eigenvalue weighted by Gasteiger charge is -2.06. The molecule has 21 heavy (non-hydrogen) atoms. The maximum Gasteiger partial charge on any atom is 0.151 e. The summed E-state index contributed by atoms with van der Waals surface area (Å²) in [6, 6.07) is -0.665. The first kappa shape index (κ1) is 20.6.